The van der Waals surface area contributed by atoms with Crippen molar-refractivity contribution in [2.24, 2.45) is 5.92 Å². The van der Waals surface area contributed by atoms with Crippen LogP contribution in [0.25, 0.3) is 0 Å². The number of rotatable bonds is 6. The van der Waals surface area contributed by atoms with Crippen LogP contribution in [0.2, 0.25) is 0 Å². The van der Waals surface area contributed by atoms with Gasteiger partial charge in [0.1, 0.15) is 0 Å². The summed E-state index contributed by atoms with van der Waals surface area (Å²) in [4.78, 5) is 13.0. The number of amides is 1. The highest BCUT2D eigenvalue weighted by atomic mass is 16.2. The molecule has 1 fully saturated rings. The maximum Gasteiger partial charge on any atom is 0.224 e. The van der Waals surface area contributed by atoms with Gasteiger partial charge in [0.05, 0.1) is 5.92 Å². The molecule has 3 aromatic rings. The number of nitrogens with one attached hydrogen (secondary N) is 1. The number of hydrogen-bond donors (Lipinski definition) is 1. The van der Waals surface area contributed by atoms with Crippen molar-refractivity contribution < 1.29 is 4.79 Å². The van der Waals surface area contributed by atoms with E-state index in [-0.39, 0.29) is 17.2 Å². The minimum atomic E-state index is -0.196. The molecule has 0 bridgehead atoms. The lowest BCUT2D eigenvalue weighted by atomic mass is 9.85. The molecule has 142 valence electrons. The zero-order chi connectivity index (χ0) is 19.6. The first-order valence-corrected chi connectivity index (χ1v) is 10.1. The van der Waals surface area contributed by atoms with Crippen LogP contribution in [0.1, 0.15) is 34.2 Å². The summed E-state index contributed by atoms with van der Waals surface area (Å²) >= 11 is 0. The molecule has 3 aromatic carbocycles. The van der Waals surface area contributed by atoms with Crippen LogP contribution in [0.4, 0.5) is 0 Å². The Morgan fingerprint density at radius 2 is 1.39 bits per heavy atom. The summed E-state index contributed by atoms with van der Waals surface area (Å²) in [6.07, 6.45) is 1.73. The number of aryl methyl sites for hydroxylation is 2. The molecule has 1 saturated carbocycles. The van der Waals surface area contributed by atoms with Crippen LogP contribution in [0.15, 0.2) is 78.9 Å². The number of benzene rings is 3. The van der Waals surface area contributed by atoms with Gasteiger partial charge >= 0.3 is 0 Å². The second-order valence-corrected chi connectivity index (χ2v) is 7.99. The maximum atomic E-state index is 13.0. The fourth-order valence-corrected chi connectivity index (χ4v) is 4.18. The van der Waals surface area contributed by atoms with Gasteiger partial charge in [-0.1, -0.05) is 90.0 Å². The van der Waals surface area contributed by atoms with Gasteiger partial charge < -0.3 is 5.32 Å². The van der Waals surface area contributed by atoms with Crippen molar-refractivity contribution in [2.75, 3.05) is 6.54 Å². The third-order valence-electron chi connectivity index (χ3n) is 5.97. The predicted octanol–water partition coefficient (Wildman–Crippen LogP) is 4.97. The van der Waals surface area contributed by atoms with Gasteiger partial charge in [0.2, 0.25) is 5.91 Å². The van der Waals surface area contributed by atoms with Gasteiger partial charge in [-0.15, -0.1) is 0 Å². The molecule has 0 radical (unpaired) electrons. The first kappa shape index (κ1) is 18.5. The van der Waals surface area contributed by atoms with E-state index in [2.05, 4.69) is 79.8 Å². The molecule has 1 N–H and O–H groups in total. The second kappa shape index (κ2) is 7.63. The third kappa shape index (κ3) is 3.60. The van der Waals surface area contributed by atoms with Crippen LogP contribution in [-0.2, 0) is 16.6 Å². The molecule has 2 heteroatoms. The topological polar surface area (TPSA) is 29.1 Å². The summed E-state index contributed by atoms with van der Waals surface area (Å²) in [6, 6.07) is 27.6. The Morgan fingerprint density at radius 3 is 1.93 bits per heavy atom. The fraction of sp³-hybridized carbons (Fsp3) is 0.269. The summed E-state index contributed by atoms with van der Waals surface area (Å²) in [5.74, 6) is 0.158. The smallest absolute Gasteiger partial charge is 0.224 e. The lowest BCUT2D eigenvalue weighted by molar-refractivity contribution is -0.122. The van der Waals surface area contributed by atoms with E-state index in [1.807, 2.05) is 18.2 Å². The summed E-state index contributed by atoms with van der Waals surface area (Å²) in [7, 11) is 0. The largest absolute Gasteiger partial charge is 0.355 e. The molecule has 0 spiro atoms. The van der Waals surface area contributed by atoms with Gasteiger partial charge in [0.25, 0.3) is 0 Å². The highest BCUT2D eigenvalue weighted by Gasteiger charge is 2.60. The molecule has 28 heavy (non-hydrogen) atoms. The summed E-state index contributed by atoms with van der Waals surface area (Å²) in [5, 5.41) is 3.17. The Bertz CT molecular complexity index is 896. The van der Waals surface area contributed by atoms with Gasteiger partial charge in [-0.05, 0) is 43.4 Å². The average molecular weight is 370 g/mol. The van der Waals surface area contributed by atoms with Crippen molar-refractivity contribution in [3.8, 4) is 0 Å². The first-order chi connectivity index (χ1) is 13.6. The zero-order valence-electron chi connectivity index (χ0n) is 16.6. The predicted molar refractivity (Wildman–Crippen MR) is 114 cm³/mol. The molecule has 0 heterocycles. The van der Waals surface area contributed by atoms with Crippen molar-refractivity contribution in [3.05, 3.63) is 107 Å². The molecule has 2 nitrogen and oxygen atoms in total. The molecule has 0 aliphatic heterocycles. The van der Waals surface area contributed by atoms with Crippen molar-refractivity contribution in [1.29, 1.82) is 0 Å². The number of carbonyl (C=O) groups excluding carboxylic acids is 1. The van der Waals surface area contributed by atoms with Crippen molar-refractivity contribution in [3.63, 3.8) is 0 Å². The summed E-state index contributed by atoms with van der Waals surface area (Å²) in [5.41, 5.74) is 6.02. The van der Waals surface area contributed by atoms with E-state index >= 15 is 0 Å². The summed E-state index contributed by atoms with van der Waals surface area (Å²) < 4.78 is 0. The van der Waals surface area contributed by atoms with Gasteiger partial charge in [0.15, 0.2) is 0 Å². The van der Waals surface area contributed by atoms with Crippen LogP contribution in [-0.4, -0.2) is 12.5 Å². The minimum Gasteiger partial charge on any atom is -0.355 e. The molecule has 0 unspecified atom stereocenters. The van der Waals surface area contributed by atoms with E-state index in [1.54, 1.807) is 0 Å². The molecule has 1 atom stereocenters. The second-order valence-electron chi connectivity index (χ2n) is 7.99. The fourth-order valence-electron chi connectivity index (χ4n) is 4.18. The number of hydrogen-bond acceptors (Lipinski definition) is 1. The Balaban J connectivity index is 1.52. The van der Waals surface area contributed by atoms with Crippen molar-refractivity contribution >= 4 is 5.91 Å². The normalized spacial score (nSPS) is 17.1. The summed E-state index contributed by atoms with van der Waals surface area (Å²) in [6.45, 7) is 4.88. The van der Waals surface area contributed by atoms with E-state index < -0.39 is 0 Å². The van der Waals surface area contributed by atoms with Gasteiger partial charge in [0, 0.05) is 12.0 Å². The van der Waals surface area contributed by atoms with Crippen LogP contribution in [0.5, 0.6) is 0 Å². The van der Waals surface area contributed by atoms with Crippen LogP contribution < -0.4 is 5.32 Å². The SMILES string of the molecule is Cc1ccc(C2(c3ccc(C)cc3)C[C@@H]2C(=O)NCCc2ccccc2)cc1. The lowest BCUT2D eigenvalue weighted by Crippen LogP contribution is -2.30. The molecule has 4 rings (SSSR count). The zero-order valence-corrected chi connectivity index (χ0v) is 16.6. The van der Waals surface area contributed by atoms with E-state index in [1.165, 1.54) is 27.8 Å². The molecule has 0 saturated heterocycles. The highest BCUT2D eigenvalue weighted by Crippen LogP contribution is 2.59. The lowest BCUT2D eigenvalue weighted by Gasteiger charge is -2.19. The Hall–Kier alpha value is -2.87. The Labute approximate surface area is 167 Å². The highest BCUT2D eigenvalue weighted by molar-refractivity contribution is 5.86. The molecule has 0 aromatic heterocycles. The van der Waals surface area contributed by atoms with Crippen LogP contribution >= 0.6 is 0 Å². The van der Waals surface area contributed by atoms with E-state index in [0.717, 1.165) is 12.8 Å². The van der Waals surface area contributed by atoms with E-state index in [0.29, 0.717) is 6.54 Å². The van der Waals surface area contributed by atoms with Gasteiger partial charge in [-0.3, -0.25) is 4.79 Å². The molecular weight excluding hydrogens is 342 g/mol. The van der Waals surface area contributed by atoms with E-state index in [4.69, 9.17) is 0 Å². The molecule has 1 aliphatic rings. The Morgan fingerprint density at radius 1 is 0.857 bits per heavy atom. The Kier molecular flexibility index (Phi) is 5.04. The molecule has 1 aliphatic carbocycles. The van der Waals surface area contributed by atoms with Crippen LogP contribution in [0.3, 0.4) is 0 Å². The van der Waals surface area contributed by atoms with Crippen molar-refractivity contribution in [2.45, 2.75) is 32.1 Å². The van der Waals surface area contributed by atoms with Crippen molar-refractivity contribution in [1.82, 2.24) is 5.32 Å². The molecular formula is C26H27NO. The van der Waals surface area contributed by atoms with Gasteiger partial charge in [-0.2, -0.15) is 0 Å². The van der Waals surface area contributed by atoms with Gasteiger partial charge in [-0.25, -0.2) is 0 Å². The standard InChI is InChI=1S/C26H27NO/c1-19-8-12-22(13-9-19)26(23-14-10-20(2)11-15-23)18-24(26)25(28)27-17-16-21-6-4-3-5-7-21/h3-15,24H,16-18H2,1-2H3,(H,27,28)/t24-/m1/s1. The minimum absolute atomic E-state index is 0.00585. The quantitative estimate of drug-likeness (QED) is 0.653. The molecule has 1 amide bonds. The number of carbonyl (C=O) groups is 1. The monoisotopic (exact) mass is 369 g/mol. The van der Waals surface area contributed by atoms with E-state index in [9.17, 15) is 4.79 Å². The first-order valence-electron chi connectivity index (χ1n) is 10.1. The maximum absolute atomic E-state index is 13.0. The third-order valence-corrected chi connectivity index (χ3v) is 5.97. The average Bonchev–Trinajstić information content (AvgIpc) is 3.47. The van der Waals surface area contributed by atoms with Crippen LogP contribution in [0, 0.1) is 19.8 Å².